The van der Waals surface area contributed by atoms with Gasteiger partial charge in [0.05, 0.1) is 0 Å². The third kappa shape index (κ3) is 7.30. The molecule has 0 aromatic rings. The second-order valence-electron chi connectivity index (χ2n) is 1.61. The number of hydrogen-bond acceptors (Lipinski definition) is 4. The van der Waals surface area contributed by atoms with Gasteiger partial charge in [0.15, 0.2) is 0 Å². The van der Waals surface area contributed by atoms with Crippen molar-refractivity contribution in [2.24, 2.45) is 0 Å². The number of thiol groups is 2. The topological polar surface area (TPSA) is 0 Å². The van der Waals surface area contributed by atoms with Crippen LogP contribution in [-0.4, -0.2) is 21.2 Å². The van der Waals surface area contributed by atoms with Gasteiger partial charge in [-0.05, 0) is 0 Å². The minimum atomic E-state index is 0.722. The maximum atomic E-state index is 4.12. The van der Waals surface area contributed by atoms with E-state index in [1.165, 1.54) is 5.75 Å². The molecule has 0 saturated carbocycles. The fourth-order valence-corrected chi connectivity index (χ4v) is 2.84. The molecular weight excluding hydrogens is 188 g/mol. The SMILES string of the molecule is CC(CSCS)SCS. The molecule has 0 heterocycles. The molecular formula is C5H12S4. The van der Waals surface area contributed by atoms with E-state index in [1.807, 2.05) is 23.5 Å². The standard InChI is InChI=1S/C5H12S4/c1-5(9-4-7)2-8-3-6/h5-7H,2-4H2,1H3. The van der Waals surface area contributed by atoms with Crippen molar-refractivity contribution in [2.45, 2.75) is 12.2 Å². The molecule has 0 aromatic heterocycles. The predicted molar refractivity (Wildman–Crippen MR) is 57.2 cm³/mol. The van der Waals surface area contributed by atoms with Gasteiger partial charge >= 0.3 is 0 Å². The Kier molecular flexibility index (Phi) is 8.67. The van der Waals surface area contributed by atoms with Gasteiger partial charge in [-0.3, -0.25) is 0 Å². The van der Waals surface area contributed by atoms with Crippen LogP contribution in [0.25, 0.3) is 0 Å². The highest BCUT2D eigenvalue weighted by atomic mass is 32.2. The fourth-order valence-electron chi connectivity index (χ4n) is 0.394. The van der Waals surface area contributed by atoms with Crippen LogP contribution in [0.2, 0.25) is 0 Å². The Morgan fingerprint density at radius 2 is 2.00 bits per heavy atom. The van der Waals surface area contributed by atoms with Crippen LogP contribution >= 0.6 is 48.8 Å². The van der Waals surface area contributed by atoms with Crippen LogP contribution in [0.15, 0.2) is 0 Å². The highest BCUT2D eigenvalue weighted by Crippen LogP contribution is 2.16. The molecule has 0 amide bonds. The molecule has 1 atom stereocenters. The number of rotatable bonds is 5. The molecule has 0 aromatic carbocycles. The van der Waals surface area contributed by atoms with Crippen molar-refractivity contribution in [3.8, 4) is 0 Å². The first-order valence-electron chi connectivity index (χ1n) is 2.72. The lowest BCUT2D eigenvalue weighted by atomic mass is 10.6. The van der Waals surface area contributed by atoms with Crippen LogP contribution in [0.4, 0.5) is 0 Å². The molecule has 0 saturated heterocycles. The quantitative estimate of drug-likeness (QED) is 0.517. The molecule has 0 nitrogen and oxygen atoms in total. The highest BCUT2D eigenvalue weighted by molar-refractivity contribution is 8.12. The van der Waals surface area contributed by atoms with Gasteiger partial charge in [-0.15, -0.1) is 11.8 Å². The van der Waals surface area contributed by atoms with Crippen molar-refractivity contribution >= 4 is 48.8 Å². The summed E-state index contributed by atoms with van der Waals surface area (Å²) in [5.41, 5.74) is 0. The minimum absolute atomic E-state index is 0.722. The van der Waals surface area contributed by atoms with Gasteiger partial charge < -0.3 is 0 Å². The van der Waals surface area contributed by atoms with E-state index in [0.717, 1.165) is 15.4 Å². The Morgan fingerprint density at radius 3 is 2.44 bits per heavy atom. The van der Waals surface area contributed by atoms with Gasteiger partial charge in [0.1, 0.15) is 0 Å². The molecule has 0 bridgehead atoms. The van der Waals surface area contributed by atoms with E-state index < -0.39 is 0 Å². The maximum Gasteiger partial charge on any atom is 0.0364 e. The largest absolute Gasteiger partial charge is 0.168 e. The Morgan fingerprint density at radius 1 is 1.33 bits per heavy atom. The average molecular weight is 200 g/mol. The van der Waals surface area contributed by atoms with E-state index >= 15 is 0 Å². The molecule has 0 N–H and O–H groups in total. The van der Waals surface area contributed by atoms with Crippen molar-refractivity contribution in [2.75, 3.05) is 15.9 Å². The lowest BCUT2D eigenvalue weighted by molar-refractivity contribution is 1.14. The second-order valence-corrected chi connectivity index (χ2v) is 5.55. The smallest absolute Gasteiger partial charge is 0.0364 e. The monoisotopic (exact) mass is 200 g/mol. The summed E-state index contributed by atoms with van der Waals surface area (Å²) in [6.07, 6.45) is 0. The summed E-state index contributed by atoms with van der Waals surface area (Å²) < 4.78 is 0. The van der Waals surface area contributed by atoms with Crippen LogP contribution < -0.4 is 0 Å². The third-order valence-electron chi connectivity index (χ3n) is 0.803. The molecule has 0 aliphatic rings. The van der Waals surface area contributed by atoms with Crippen LogP contribution in [0.3, 0.4) is 0 Å². The summed E-state index contributed by atoms with van der Waals surface area (Å²) in [6, 6.07) is 0. The van der Waals surface area contributed by atoms with Crippen LogP contribution in [-0.2, 0) is 0 Å². The van der Waals surface area contributed by atoms with E-state index in [0.29, 0.717) is 0 Å². The van der Waals surface area contributed by atoms with Gasteiger partial charge in [-0.1, -0.05) is 6.92 Å². The molecule has 0 rings (SSSR count). The maximum absolute atomic E-state index is 4.12. The van der Waals surface area contributed by atoms with Crippen molar-refractivity contribution in [3.63, 3.8) is 0 Å². The lowest BCUT2D eigenvalue weighted by Crippen LogP contribution is -1.99. The van der Waals surface area contributed by atoms with E-state index in [9.17, 15) is 0 Å². The van der Waals surface area contributed by atoms with Gasteiger partial charge in [-0.25, -0.2) is 0 Å². The van der Waals surface area contributed by atoms with Gasteiger partial charge in [0.25, 0.3) is 0 Å². The first-order valence-corrected chi connectivity index (χ1v) is 6.19. The summed E-state index contributed by atoms with van der Waals surface area (Å²) in [5.74, 6) is 1.19. The Hall–Kier alpha value is 1.40. The third-order valence-corrected chi connectivity index (χ3v) is 3.81. The molecule has 4 heteroatoms. The first-order chi connectivity index (χ1) is 4.31. The van der Waals surface area contributed by atoms with Gasteiger partial charge in [0, 0.05) is 21.2 Å². The second kappa shape index (κ2) is 7.51. The summed E-state index contributed by atoms with van der Waals surface area (Å²) >= 11 is 12.0. The number of hydrogen-bond donors (Lipinski definition) is 2. The Balaban J connectivity index is 2.95. The highest BCUT2D eigenvalue weighted by Gasteiger charge is 1.98. The Labute approximate surface area is 76.8 Å². The molecule has 9 heavy (non-hydrogen) atoms. The zero-order valence-electron chi connectivity index (χ0n) is 5.41. The Bertz CT molecular complexity index is 56.9. The molecule has 0 aliphatic carbocycles. The van der Waals surface area contributed by atoms with E-state index in [1.54, 1.807) is 0 Å². The first kappa shape index (κ1) is 10.4. The van der Waals surface area contributed by atoms with Crippen molar-refractivity contribution in [3.05, 3.63) is 0 Å². The van der Waals surface area contributed by atoms with Crippen molar-refractivity contribution < 1.29 is 0 Å². The van der Waals surface area contributed by atoms with Crippen LogP contribution in [0.5, 0.6) is 0 Å². The molecule has 1 unspecified atom stereocenters. The zero-order chi connectivity index (χ0) is 7.11. The normalized spacial score (nSPS) is 13.7. The van der Waals surface area contributed by atoms with Crippen molar-refractivity contribution in [1.82, 2.24) is 0 Å². The molecule has 0 radical (unpaired) electrons. The van der Waals surface area contributed by atoms with Crippen LogP contribution in [0.1, 0.15) is 6.92 Å². The summed E-state index contributed by atoms with van der Waals surface area (Å²) in [5, 5.41) is 2.57. The summed E-state index contributed by atoms with van der Waals surface area (Å²) in [6.45, 7) is 2.22. The van der Waals surface area contributed by atoms with E-state index in [4.69, 9.17) is 0 Å². The fraction of sp³-hybridized carbons (Fsp3) is 1.00. The molecule has 0 fully saturated rings. The van der Waals surface area contributed by atoms with Gasteiger partial charge in [0.2, 0.25) is 0 Å². The zero-order valence-corrected chi connectivity index (χ0v) is 8.83. The average Bonchev–Trinajstić information content (AvgIpc) is 1.85. The minimum Gasteiger partial charge on any atom is -0.168 e. The summed E-state index contributed by atoms with van der Waals surface area (Å²) in [4.78, 5) is 0. The number of thioether (sulfide) groups is 2. The summed E-state index contributed by atoms with van der Waals surface area (Å²) in [7, 11) is 0. The predicted octanol–water partition coefficient (Wildman–Crippen LogP) is 2.62. The molecule has 0 spiro atoms. The molecule has 56 valence electrons. The van der Waals surface area contributed by atoms with Crippen molar-refractivity contribution in [1.29, 1.82) is 0 Å². The lowest BCUT2D eigenvalue weighted by Gasteiger charge is -2.06. The van der Waals surface area contributed by atoms with E-state index in [2.05, 4.69) is 32.2 Å². The molecule has 0 aliphatic heterocycles. The van der Waals surface area contributed by atoms with E-state index in [-0.39, 0.29) is 0 Å². The van der Waals surface area contributed by atoms with Crippen LogP contribution in [0, 0.1) is 0 Å². The van der Waals surface area contributed by atoms with Gasteiger partial charge in [-0.2, -0.15) is 37.0 Å².